The summed E-state index contributed by atoms with van der Waals surface area (Å²) in [6.45, 7) is 0.376. The first-order valence-electron chi connectivity index (χ1n) is 7.08. The standard InChI is InChI=1S/C18H15FN2O2/c19-16-10-14(6-7-17(16)20)21-9-8-15(11-18(21)22)23-12-13-4-2-1-3-5-13/h1-11H,12,20H2. The number of nitrogens with zero attached hydrogens (tertiary/aromatic N) is 1. The van der Waals surface area contributed by atoms with Crippen LogP contribution < -0.4 is 16.0 Å². The van der Waals surface area contributed by atoms with E-state index in [1.165, 1.54) is 22.8 Å². The molecule has 0 saturated heterocycles. The largest absolute Gasteiger partial charge is 0.489 e. The van der Waals surface area contributed by atoms with Crippen LogP contribution >= 0.6 is 0 Å². The Labute approximate surface area is 132 Å². The maximum atomic E-state index is 13.5. The Kier molecular flexibility index (Phi) is 4.10. The molecule has 23 heavy (non-hydrogen) atoms. The molecule has 0 amide bonds. The molecule has 0 unspecified atom stereocenters. The molecule has 0 bridgehead atoms. The molecule has 0 aliphatic heterocycles. The minimum atomic E-state index is -0.557. The second kappa shape index (κ2) is 6.36. The molecule has 2 aromatic carbocycles. The first-order chi connectivity index (χ1) is 11.1. The highest BCUT2D eigenvalue weighted by molar-refractivity contribution is 5.47. The van der Waals surface area contributed by atoms with Crippen LogP contribution in [0.3, 0.4) is 0 Å². The molecule has 4 nitrogen and oxygen atoms in total. The van der Waals surface area contributed by atoms with Crippen molar-refractivity contribution in [2.75, 3.05) is 5.73 Å². The number of benzene rings is 2. The summed E-state index contributed by atoms with van der Waals surface area (Å²) in [5.74, 6) is -0.0928. The van der Waals surface area contributed by atoms with Gasteiger partial charge >= 0.3 is 0 Å². The van der Waals surface area contributed by atoms with Crippen LogP contribution in [0.2, 0.25) is 0 Å². The zero-order valence-corrected chi connectivity index (χ0v) is 12.3. The molecule has 5 heteroatoms. The Morgan fingerprint density at radius 3 is 2.52 bits per heavy atom. The number of nitrogens with two attached hydrogens (primary N) is 1. The predicted molar refractivity (Wildman–Crippen MR) is 87.2 cm³/mol. The molecule has 0 radical (unpaired) electrons. The van der Waals surface area contributed by atoms with Crippen molar-refractivity contribution in [3.05, 3.63) is 88.6 Å². The van der Waals surface area contributed by atoms with Gasteiger partial charge in [0, 0.05) is 18.3 Å². The second-order valence-electron chi connectivity index (χ2n) is 5.05. The summed E-state index contributed by atoms with van der Waals surface area (Å²) in [5, 5.41) is 0. The Morgan fingerprint density at radius 1 is 1.04 bits per heavy atom. The molecule has 3 aromatic rings. The molecule has 0 atom stereocenters. The van der Waals surface area contributed by atoms with E-state index in [1.54, 1.807) is 18.3 Å². The van der Waals surface area contributed by atoms with Crippen LogP contribution in [0, 0.1) is 5.82 Å². The van der Waals surface area contributed by atoms with Gasteiger partial charge in [0.15, 0.2) is 0 Å². The summed E-state index contributed by atoms with van der Waals surface area (Å²) in [6.07, 6.45) is 1.55. The molecule has 3 rings (SSSR count). The molecule has 0 spiro atoms. The van der Waals surface area contributed by atoms with Gasteiger partial charge < -0.3 is 10.5 Å². The van der Waals surface area contributed by atoms with E-state index in [0.29, 0.717) is 18.0 Å². The SMILES string of the molecule is Nc1ccc(-n2ccc(OCc3ccccc3)cc2=O)cc1F. The zero-order valence-electron chi connectivity index (χ0n) is 12.3. The number of rotatable bonds is 4. The number of hydrogen-bond donors (Lipinski definition) is 1. The van der Waals surface area contributed by atoms with Gasteiger partial charge in [-0.1, -0.05) is 30.3 Å². The van der Waals surface area contributed by atoms with Crippen LogP contribution in [0.1, 0.15) is 5.56 Å². The summed E-state index contributed by atoms with van der Waals surface area (Å²) in [6, 6.07) is 16.9. The first kappa shape index (κ1) is 14.8. The number of aromatic nitrogens is 1. The fourth-order valence-corrected chi connectivity index (χ4v) is 2.17. The third-order valence-corrected chi connectivity index (χ3v) is 3.40. The molecule has 0 fully saturated rings. The number of hydrogen-bond acceptors (Lipinski definition) is 3. The Morgan fingerprint density at radius 2 is 1.83 bits per heavy atom. The van der Waals surface area contributed by atoms with Crippen molar-refractivity contribution in [1.29, 1.82) is 0 Å². The van der Waals surface area contributed by atoms with Crippen LogP contribution in [-0.2, 0) is 6.61 Å². The topological polar surface area (TPSA) is 57.2 Å². The van der Waals surface area contributed by atoms with Gasteiger partial charge in [-0.15, -0.1) is 0 Å². The van der Waals surface area contributed by atoms with Gasteiger partial charge in [-0.25, -0.2) is 4.39 Å². The predicted octanol–water partition coefficient (Wildman–Crippen LogP) is 3.14. The molecule has 0 saturated carbocycles. The van der Waals surface area contributed by atoms with Crippen LogP contribution in [0.5, 0.6) is 5.75 Å². The smallest absolute Gasteiger partial charge is 0.258 e. The summed E-state index contributed by atoms with van der Waals surface area (Å²) in [4.78, 5) is 12.2. The number of pyridine rings is 1. The number of ether oxygens (including phenoxy) is 1. The van der Waals surface area contributed by atoms with Gasteiger partial charge in [-0.3, -0.25) is 9.36 Å². The van der Waals surface area contributed by atoms with Crippen molar-refractivity contribution in [3.63, 3.8) is 0 Å². The lowest BCUT2D eigenvalue weighted by atomic mass is 10.2. The normalized spacial score (nSPS) is 10.5. The number of halogens is 1. The van der Waals surface area contributed by atoms with Gasteiger partial charge in [0.1, 0.15) is 18.2 Å². The maximum Gasteiger partial charge on any atom is 0.258 e. The van der Waals surface area contributed by atoms with Crippen LogP contribution in [-0.4, -0.2) is 4.57 Å². The molecular weight excluding hydrogens is 295 g/mol. The molecule has 0 aliphatic carbocycles. The van der Waals surface area contributed by atoms with Gasteiger partial charge in [0.2, 0.25) is 0 Å². The lowest BCUT2D eigenvalue weighted by molar-refractivity contribution is 0.305. The molecule has 2 N–H and O–H groups in total. The minimum absolute atomic E-state index is 0.0459. The van der Waals surface area contributed by atoms with Crippen molar-refractivity contribution in [3.8, 4) is 11.4 Å². The molecule has 0 aliphatic rings. The molecular formula is C18H15FN2O2. The molecule has 1 aromatic heterocycles. The van der Waals surface area contributed by atoms with E-state index in [9.17, 15) is 9.18 Å². The van der Waals surface area contributed by atoms with Crippen molar-refractivity contribution >= 4 is 5.69 Å². The van der Waals surface area contributed by atoms with Crippen molar-refractivity contribution < 1.29 is 9.13 Å². The van der Waals surface area contributed by atoms with Crippen molar-refractivity contribution in [1.82, 2.24) is 4.57 Å². The van der Waals surface area contributed by atoms with E-state index in [-0.39, 0.29) is 11.2 Å². The zero-order chi connectivity index (χ0) is 16.2. The quantitative estimate of drug-likeness (QED) is 0.753. The van der Waals surface area contributed by atoms with Gasteiger partial charge in [0.05, 0.1) is 11.4 Å². The van der Waals surface area contributed by atoms with Gasteiger partial charge in [-0.05, 0) is 23.8 Å². The molecule has 1 heterocycles. The number of nitrogen functional groups attached to an aromatic ring is 1. The Hall–Kier alpha value is -3.08. The fourth-order valence-electron chi connectivity index (χ4n) is 2.17. The van der Waals surface area contributed by atoms with Crippen LogP contribution in [0.4, 0.5) is 10.1 Å². The van der Waals surface area contributed by atoms with E-state index in [1.807, 2.05) is 30.3 Å². The maximum absolute atomic E-state index is 13.5. The minimum Gasteiger partial charge on any atom is -0.489 e. The lowest BCUT2D eigenvalue weighted by Gasteiger charge is -2.09. The Bertz CT molecular complexity index is 876. The average Bonchev–Trinajstić information content (AvgIpc) is 2.57. The number of anilines is 1. The van der Waals surface area contributed by atoms with Crippen molar-refractivity contribution in [2.24, 2.45) is 0 Å². The second-order valence-corrected chi connectivity index (χ2v) is 5.05. The average molecular weight is 310 g/mol. The summed E-state index contributed by atoms with van der Waals surface area (Å²) >= 11 is 0. The third kappa shape index (κ3) is 3.40. The first-order valence-corrected chi connectivity index (χ1v) is 7.08. The molecule has 116 valence electrons. The van der Waals surface area contributed by atoms with E-state index in [2.05, 4.69) is 0 Å². The van der Waals surface area contributed by atoms with Crippen LogP contribution in [0.25, 0.3) is 5.69 Å². The van der Waals surface area contributed by atoms with Gasteiger partial charge in [0.25, 0.3) is 5.56 Å². The van der Waals surface area contributed by atoms with E-state index in [0.717, 1.165) is 5.56 Å². The summed E-state index contributed by atoms with van der Waals surface area (Å²) < 4.78 is 20.4. The van der Waals surface area contributed by atoms with E-state index < -0.39 is 5.82 Å². The lowest BCUT2D eigenvalue weighted by Crippen LogP contribution is -2.17. The van der Waals surface area contributed by atoms with Gasteiger partial charge in [-0.2, -0.15) is 0 Å². The summed E-state index contributed by atoms with van der Waals surface area (Å²) in [7, 11) is 0. The Balaban J connectivity index is 1.80. The van der Waals surface area contributed by atoms with E-state index >= 15 is 0 Å². The third-order valence-electron chi connectivity index (χ3n) is 3.40. The highest BCUT2D eigenvalue weighted by Crippen LogP contribution is 2.16. The highest BCUT2D eigenvalue weighted by atomic mass is 19.1. The monoisotopic (exact) mass is 310 g/mol. The highest BCUT2D eigenvalue weighted by Gasteiger charge is 2.05. The van der Waals surface area contributed by atoms with E-state index in [4.69, 9.17) is 10.5 Å². The van der Waals surface area contributed by atoms with Crippen molar-refractivity contribution in [2.45, 2.75) is 6.61 Å². The van der Waals surface area contributed by atoms with Crippen LogP contribution in [0.15, 0.2) is 71.7 Å². The summed E-state index contributed by atoms with van der Waals surface area (Å²) in [5.41, 5.74) is 6.61. The fraction of sp³-hybridized carbons (Fsp3) is 0.0556.